The highest BCUT2D eigenvalue weighted by Gasteiger charge is 2.18. The van der Waals surface area contributed by atoms with E-state index in [1.165, 1.54) is 4.68 Å². The lowest BCUT2D eigenvalue weighted by Gasteiger charge is -2.04. The van der Waals surface area contributed by atoms with Crippen LogP contribution in [0.5, 0.6) is 6.01 Å². The van der Waals surface area contributed by atoms with Gasteiger partial charge in [-0.2, -0.15) is 9.67 Å². The van der Waals surface area contributed by atoms with Gasteiger partial charge in [-0.25, -0.2) is 0 Å². The molecule has 1 heterocycles. The Morgan fingerprint density at radius 1 is 1.25 bits per heavy atom. The highest BCUT2D eigenvalue weighted by molar-refractivity contribution is 6.17. The SMILES string of the molecule is CCOCCOc1nc(-c2ccc(C)cc2)n(C(=O)CCCCl)n1. The van der Waals surface area contributed by atoms with Crippen LogP contribution in [0, 0.1) is 6.92 Å². The second-order valence-corrected chi connectivity index (χ2v) is 5.61. The highest BCUT2D eigenvalue weighted by atomic mass is 35.5. The number of nitrogens with zero attached hydrogens (tertiary/aromatic N) is 3. The molecular weight excluding hydrogens is 330 g/mol. The van der Waals surface area contributed by atoms with Gasteiger partial charge in [0.15, 0.2) is 5.82 Å². The smallest absolute Gasteiger partial charge is 0.336 e. The summed E-state index contributed by atoms with van der Waals surface area (Å²) in [6, 6.07) is 7.92. The average molecular weight is 352 g/mol. The number of carbonyl (C=O) groups excluding carboxylic acids is 1. The number of aromatic nitrogens is 3. The monoisotopic (exact) mass is 351 g/mol. The average Bonchev–Trinajstić information content (AvgIpc) is 3.01. The lowest BCUT2D eigenvalue weighted by atomic mass is 10.1. The Bertz CT molecular complexity index is 656. The molecule has 1 aromatic carbocycles. The van der Waals surface area contributed by atoms with Crippen molar-refractivity contribution < 1.29 is 14.3 Å². The Labute approximate surface area is 146 Å². The molecule has 0 fully saturated rings. The van der Waals surface area contributed by atoms with Crippen LogP contribution >= 0.6 is 11.6 Å². The normalized spacial score (nSPS) is 10.8. The van der Waals surface area contributed by atoms with Crippen molar-refractivity contribution in [3.8, 4) is 17.4 Å². The van der Waals surface area contributed by atoms with Gasteiger partial charge in [0.05, 0.1) is 6.61 Å². The number of halogens is 1. The topological polar surface area (TPSA) is 66.2 Å². The zero-order chi connectivity index (χ0) is 17.4. The van der Waals surface area contributed by atoms with E-state index in [9.17, 15) is 4.79 Å². The van der Waals surface area contributed by atoms with Crippen molar-refractivity contribution in [1.29, 1.82) is 0 Å². The van der Waals surface area contributed by atoms with Crippen LogP contribution in [-0.2, 0) is 4.74 Å². The third-order valence-corrected chi connectivity index (χ3v) is 3.59. The zero-order valence-electron chi connectivity index (χ0n) is 14.0. The van der Waals surface area contributed by atoms with E-state index in [1.807, 2.05) is 38.1 Å². The Morgan fingerprint density at radius 3 is 2.67 bits per heavy atom. The highest BCUT2D eigenvalue weighted by Crippen LogP contribution is 2.21. The van der Waals surface area contributed by atoms with E-state index >= 15 is 0 Å². The summed E-state index contributed by atoms with van der Waals surface area (Å²) in [7, 11) is 0. The molecule has 7 heteroatoms. The molecule has 24 heavy (non-hydrogen) atoms. The number of alkyl halides is 1. The number of benzene rings is 1. The fourth-order valence-electron chi connectivity index (χ4n) is 2.08. The van der Waals surface area contributed by atoms with Crippen molar-refractivity contribution in [3.63, 3.8) is 0 Å². The number of hydrogen-bond acceptors (Lipinski definition) is 5. The Hall–Kier alpha value is -1.92. The van der Waals surface area contributed by atoms with E-state index in [4.69, 9.17) is 21.1 Å². The van der Waals surface area contributed by atoms with Crippen LogP contribution in [-0.4, -0.2) is 46.4 Å². The summed E-state index contributed by atoms with van der Waals surface area (Å²) in [5.74, 6) is 0.747. The molecule has 0 atom stereocenters. The van der Waals surface area contributed by atoms with Crippen molar-refractivity contribution >= 4 is 17.5 Å². The molecule has 1 aromatic heterocycles. The number of ether oxygens (including phenoxy) is 2. The van der Waals surface area contributed by atoms with Gasteiger partial charge in [0.25, 0.3) is 0 Å². The van der Waals surface area contributed by atoms with Gasteiger partial charge >= 0.3 is 6.01 Å². The van der Waals surface area contributed by atoms with E-state index in [2.05, 4.69) is 10.1 Å². The molecular formula is C17H22ClN3O3. The van der Waals surface area contributed by atoms with Gasteiger partial charge in [-0.05, 0) is 20.3 Å². The summed E-state index contributed by atoms with van der Waals surface area (Å²) in [5, 5.41) is 4.19. The third-order valence-electron chi connectivity index (χ3n) is 3.32. The van der Waals surface area contributed by atoms with Crippen LogP contribution in [0.2, 0.25) is 0 Å². The van der Waals surface area contributed by atoms with Gasteiger partial charge in [-0.1, -0.05) is 29.8 Å². The first-order chi connectivity index (χ1) is 11.7. The Morgan fingerprint density at radius 2 is 2.00 bits per heavy atom. The van der Waals surface area contributed by atoms with Crippen molar-refractivity contribution in [2.24, 2.45) is 0 Å². The molecule has 0 aliphatic carbocycles. The molecule has 0 amide bonds. The van der Waals surface area contributed by atoms with Crippen molar-refractivity contribution in [2.45, 2.75) is 26.7 Å². The molecule has 0 aliphatic heterocycles. The van der Waals surface area contributed by atoms with Crippen LogP contribution in [0.3, 0.4) is 0 Å². The van der Waals surface area contributed by atoms with E-state index < -0.39 is 0 Å². The molecule has 0 N–H and O–H groups in total. The summed E-state index contributed by atoms with van der Waals surface area (Å²) in [4.78, 5) is 16.7. The van der Waals surface area contributed by atoms with Gasteiger partial charge in [-0.15, -0.1) is 16.7 Å². The molecule has 0 spiro atoms. The maximum Gasteiger partial charge on any atom is 0.336 e. The standard InChI is InChI=1S/C17H22ClN3O3/c1-3-23-11-12-24-17-19-16(14-8-6-13(2)7-9-14)21(20-17)15(22)5-4-10-18/h6-9H,3-5,10-12H2,1-2H3. The van der Waals surface area contributed by atoms with Crippen LogP contribution in [0.25, 0.3) is 11.4 Å². The predicted octanol–water partition coefficient (Wildman–Crippen LogP) is 3.33. The minimum atomic E-state index is -0.154. The maximum atomic E-state index is 12.4. The minimum absolute atomic E-state index is 0.154. The first-order valence-corrected chi connectivity index (χ1v) is 8.53. The molecule has 0 saturated carbocycles. The van der Waals surface area contributed by atoms with Gasteiger partial charge in [0, 0.05) is 24.5 Å². The number of carbonyl (C=O) groups is 1. The molecule has 6 nitrogen and oxygen atoms in total. The molecule has 2 aromatic rings. The van der Waals surface area contributed by atoms with Crippen LogP contribution in [0.4, 0.5) is 0 Å². The molecule has 130 valence electrons. The molecule has 0 unspecified atom stereocenters. The van der Waals surface area contributed by atoms with Crippen LogP contribution in [0.15, 0.2) is 24.3 Å². The molecule has 0 aliphatic rings. The summed E-state index contributed by atoms with van der Waals surface area (Å²) in [6.07, 6.45) is 0.901. The summed E-state index contributed by atoms with van der Waals surface area (Å²) in [5.41, 5.74) is 1.94. The molecule has 0 radical (unpaired) electrons. The number of hydrogen-bond donors (Lipinski definition) is 0. The van der Waals surface area contributed by atoms with Gasteiger partial charge in [0.1, 0.15) is 6.61 Å². The third kappa shape index (κ3) is 5.04. The Kier molecular flexibility index (Phi) is 7.21. The van der Waals surface area contributed by atoms with Crippen molar-refractivity contribution in [2.75, 3.05) is 25.7 Å². The molecule has 0 saturated heterocycles. The van der Waals surface area contributed by atoms with E-state index in [-0.39, 0.29) is 11.9 Å². The van der Waals surface area contributed by atoms with Crippen molar-refractivity contribution in [3.05, 3.63) is 29.8 Å². The summed E-state index contributed by atoms with van der Waals surface area (Å²) in [6.45, 7) is 5.32. The summed E-state index contributed by atoms with van der Waals surface area (Å²) < 4.78 is 12.0. The molecule has 2 rings (SSSR count). The van der Waals surface area contributed by atoms with Crippen LogP contribution in [0.1, 0.15) is 30.1 Å². The minimum Gasteiger partial charge on any atom is -0.460 e. The van der Waals surface area contributed by atoms with Crippen molar-refractivity contribution in [1.82, 2.24) is 14.8 Å². The van der Waals surface area contributed by atoms with Crippen LogP contribution < -0.4 is 4.74 Å². The zero-order valence-corrected chi connectivity index (χ0v) is 14.8. The van der Waals surface area contributed by atoms with Gasteiger partial charge in [0.2, 0.25) is 5.91 Å². The first-order valence-electron chi connectivity index (χ1n) is 7.99. The second kappa shape index (κ2) is 9.39. The van der Waals surface area contributed by atoms with E-state index in [0.29, 0.717) is 44.4 Å². The predicted molar refractivity (Wildman–Crippen MR) is 92.8 cm³/mol. The first kappa shape index (κ1) is 18.4. The quantitative estimate of drug-likeness (QED) is 0.512. The van der Waals surface area contributed by atoms with Gasteiger partial charge < -0.3 is 9.47 Å². The fraction of sp³-hybridized carbons (Fsp3) is 0.471. The van der Waals surface area contributed by atoms with E-state index in [1.54, 1.807) is 0 Å². The molecule has 0 bridgehead atoms. The number of aryl methyl sites for hydroxylation is 1. The maximum absolute atomic E-state index is 12.4. The largest absolute Gasteiger partial charge is 0.460 e. The fourth-order valence-corrected chi connectivity index (χ4v) is 2.21. The van der Waals surface area contributed by atoms with Gasteiger partial charge in [-0.3, -0.25) is 4.79 Å². The lowest BCUT2D eigenvalue weighted by molar-refractivity contribution is 0.0881. The lowest BCUT2D eigenvalue weighted by Crippen LogP contribution is -2.14. The number of rotatable bonds is 9. The Balaban J connectivity index is 2.23. The summed E-state index contributed by atoms with van der Waals surface area (Å²) >= 11 is 5.67. The van der Waals surface area contributed by atoms with E-state index in [0.717, 1.165) is 11.1 Å². The second-order valence-electron chi connectivity index (χ2n) is 5.23.